The maximum absolute atomic E-state index is 6.84. The average Bonchev–Trinajstić information content (AvgIpc) is 3.15. The molecule has 2 heterocycles. The molecule has 0 aromatic heterocycles. The van der Waals surface area contributed by atoms with Crippen LogP contribution < -0.4 is 30.8 Å². The molecule has 3 nitrogen and oxygen atoms in total. The van der Waals surface area contributed by atoms with Gasteiger partial charge < -0.3 is 14.4 Å². The Morgan fingerprint density at radius 2 is 1.02 bits per heavy atom. The molecule has 0 fully saturated rings. The minimum absolute atomic E-state index is 0.0499. The van der Waals surface area contributed by atoms with E-state index in [0.717, 1.165) is 67.4 Å². The molecule has 0 bridgehead atoms. The number of fused-ring (bicyclic) bond motifs is 7. The Bertz CT molecular complexity index is 2480. The van der Waals surface area contributed by atoms with Crippen molar-refractivity contribution < 1.29 is 9.47 Å². The van der Waals surface area contributed by atoms with Crippen LogP contribution in [0.3, 0.4) is 0 Å². The van der Waals surface area contributed by atoms with Crippen molar-refractivity contribution in [2.24, 2.45) is 0 Å². The minimum atomic E-state index is -0.0499. The summed E-state index contributed by atoms with van der Waals surface area (Å²) in [5.74, 6) is 3.42. The van der Waals surface area contributed by atoms with Crippen LogP contribution in [0.2, 0.25) is 0 Å². The highest BCUT2D eigenvalue weighted by molar-refractivity contribution is 6.99. The van der Waals surface area contributed by atoms with Gasteiger partial charge in [0.05, 0.1) is 5.69 Å². The van der Waals surface area contributed by atoms with E-state index in [-0.39, 0.29) is 6.71 Å². The van der Waals surface area contributed by atoms with Crippen molar-refractivity contribution >= 4 is 61.7 Å². The minimum Gasteiger partial charge on any atom is -0.458 e. The summed E-state index contributed by atoms with van der Waals surface area (Å²) in [7, 11) is 0. The zero-order valence-corrected chi connectivity index (χ0v) is 26.0. The van der Waals surface area contributed by atoms with E-state index in [1.54, 1.807) is 0 Å². The number of benzene rings is 8. The fraction of sp³-hybridized carbons (Fsp3) is 0. The quantitative estimate of drug-likeness (QED) is 0.185. The van der Waals surface area contributed by atoms with Gasteiger partial charge in [-0.1, -0.05) is 121 Å². The second-order valence-corrected chi connectivity index (χ2v) is 12.4. The lowest BCUT2D eigenvalue weighted by Crippen LogP contribution is -2.57. The Labute approximate surface area is 279 Å². The molecule has 10 rings (SSSR count). The molecule has 2 aliphatic heterocycles. The van der Waals surface area contributed by atoms with Gasteiger partial charge in [0.15, 0.2) is 0 Å². The van der Waals surface area contributed by atoms with Gasteiger partial charge in [0.1, 0.15) is 23.0 Å². The molecule has 0 amide bonds. The fourth-order valence-corrected chi connectivity index (χ4v) is 7.69. The first-order valence-corrected chi connectivity index (χ1v) is 16.4. The lowest BCUT2D eigenvalue weighted by molar-refractivity contribution is 0.465. The van der Waals surface area contributed by atoms with Crippen LogP contribution in [0.25, 0.3) is 32.7 Å². The second kappa shape index (κ2) is 10.6. The predicted molar refractivity (Wildman–Crippen MR) is 199 cm³/mol. The molecule has 0 spiro atoms. The largest absolute Gasteiger partial charge is 0.458 e. The molecule has 224 valence electrons. The first kappa shape index (κ1) is 26.9. The van der Waals surface area contributed by atoms with Crippen molar-refractivity contribution in [2.75, 3.05) is 4.90 Å². The Morgan fingerprint density at radius 3 is 1.77 bits per heavy atom. The van der Waals surface area contributed by atoms with Crippen molar-refractivity contribution in [3.8, 4) is 34.1 Å². The molecule has 0 radical (unpaired) electrons. The molecule has 0 N–H and O–H groups in total. The van der Waals surface area contributed by atoms with Gasteiger partial charge in [0.25, 0.3) is 6.71 Å². The summed E-state index contributed by atoms with van der Waals surface area (Å²) in [6.07, 6.45) is 0. The average molecular weight is 614 g/mol. The van der Waals surface area contributed by atoms with E-state index in [2.05, 4.69) is 169 Å². The van der Waals surface area contributed by atoms with Gasteiger partial charge in [0, 0.05) is 28.3 Å². The molecule has 4 heteroatoms. The number of hydrogen-bond donors (Lipinski definition) is 0. The third-order valence-corrected chi connectivity index (χ3v) is 9.76. The first-order chi connectivity index (χ1) is 23.8. The van der Waals surface area contributed by atoms with E-state index in [1.165, 1.54) is 21.7 Å². The van der Waals surface area contributed by atoms with Crippen molar-refractivity contribution in [3.63, 3.8) is 0 Å². The van der Waals surface area contributed by atoms with Gasteiger partial charge in [-0.25, -0.2) is 0 Å². The molecule has 0 atom stereocenters. The third kappa shape index (κ3) is 4.09. The summed E-state index contributed by atoms with van der Waals surface area (Å²) >= 11 is 0. The fourth-order valence-electron chi connectivity index (χ4n) is 7.69. The number of nitrogens with zero attached hydrogens (tertiary/aromatic N) is 1. The SMILES string of the molecule is c1ccc(N(c2ccccc2)c2cc3c(c4ccccc24)B2c4ccc(-c5cccc6ccccc56)cc4Oc4cccc(c42)O3)cc1. The van der Waals surface area contributed by atoms with Crippen molar-refractivity contribution in [1.29, 1.82) is 0 Å². The van der Waals surface area contributed by atoms with Crippen LogP contribution in [-0.4, -0.2) is 6.71 Å². The zero-order valence-electron chi connectivity index (χ0n) is 26.0. The second-order valence-electron chi connectivity index (χ2n) is 12.4. The van der Waals surface area contributed by atoms with E-state index in [9.17, 15) is 0 Å². The van der Waals surface area contributed by atoms with Gasteiger partial charge in [-0.2, -0.15) is 0 Å². The molecular formula is C44H28BNO2. The van der Waals surface area contributed by atoms with Crippen LogP contribution >= 0.6 is 0 Å². The van der Waals surface area contributed by atoms with Gasteiger partial charge in [-0.05, 0) is 80.7 Å². The highest BCUT2D eigenvalue weighted by Crippen LogP contribution is 2.44. The summed E-state index contributed by atoms with van der Waals surface area (Å²) in [6, 6.07) is 60.0. The number of ether oxygens (including phenoxy) is 2. The maximum atomic E-state index is 6.84. The van der Waals surface area contributed by atoms with E-state index in [0.29, 0.717) is 0 Å². The van der Waals surface area contributed by atoms with Crippen molar-refractivity contribution in [1.82, 2.24) is 0 Å². The van der Waals surface area contributed by atoms with Gasteiger partial charge in [-0.3, -0.25) is 0 Å². The number of hydrogen-bond acceptors (Lipinski definition) is 3. The molecule has 8 aromatic carbocycles. The Balaban J connectivity index is 1.21. The van der Waals surface area contributed by atoms with Crippen LogP contribution in [0.15, 0.2) is 170 Å². The smallest absolute Gasteiger partial charge is 0.261 e. The predicted octanol–water partition coefficient (Wildman–Crippen LogP) is 9.86. The standard InChI is InChI=1S/C44H28BNO2/c1-3-15-31(16-4-1)46(32-17-5-2-6-18-32)38-28-42-43(36-21-10-9-20-35(36)38)45-37-26-25-30(34-22-11-14-29-13-7-8-19-33(29)34)27-41(37)47-39-23-12-24-40(48-42)44(39)45/h1-28H. The zero-order chi connectivity index (χ0) is 31.6. The summed E-state index contributed by atoms with van der Waals surface area (Å²) in [5, 5.41) is 4.78. The van der Waals surface area contributed by atoms with Gasteiger partial charge >= 0.3 is 0 Å². The van der Waals surface area contributed by atoms with Gasteiger partial charge in [-0.15, -0.1) is 0 Å². The molecule has 2 aliphatic rings. The molecule has 0 saturated heterocycles. The van der Waals surface area contributed by atoms with E-state index in [4.69, 9.17) is 9.47 Å². The number of anilines is 3. The lowest BCUT2D eigenvalue weighted by Gasteiger charge is -2.35. The maximum Gasteiger partial charge on any atom is 0.261 e. The molecular weight excluding hydrogens is 585 g/mol. The van der Waals surface area contributed by atoms with Crippen molar-refractivity contribution in [3.05, 3.63) is 170 Å². The summed E-state index contributed by atoms with van der Waals surface area (Å²) in [4.78, 5) is 2.33. The van der Waals surface area contributed by atoms with Crippen LogP contribution in [0.1, 0.15) is 0 Å². The Morgan fingerprint density at radius 1 is 0.417 bits per heavy atom. The van der Waals surface area contributed by atoms with E-state index < -0.39 is 0 Å². The Hall–Kier alpha value is -6.26. The van der Waals surface area contributed by atoms with Crippen LogP contribution in [0.5, 0.6) is 23.0 Å². The first-order valence-electron chi connectivity index (χ1n) is 16.4. The van der Waals surface area contributed by atoms with Crippen LogP contribution in [-0.2, 0) is 0 Å². The molecule has 8 aromatic rings. The third-order valence-electron chi connectivity index (χ3n) is 9.76. The van der Waals surface area contributed by atoms with Crippen LogP contribution in [0, 0.1) is 0 Å². The number of rotatable bonds is 4. The summed E-state index contributed by atoms with van der Waals surface area (Å²) < 4.78 is 13.6. The topological polar surface area (TPSA) is 21.7 Å². The van der Waals surface area contributed by atoms with E-state index in [1.807, 2.05) is 6.07 Å². The summed E-state index contributed by atoms with van der Waals surface area (Å²) in [6.45, 7) is -0.0499. The molecule has 0 saturated carbocycles. The molecule has 0 aliphatic carbocycles. The van der Waals surface area contributed by atoms with Crippen molar-refractivity contribution in [2.45, 2.75) is 0 Å². The monoisotopic (exact) mass is 613 g/mol. The molecule has 48 heavy (non-hydrogen) atoms. The Kier molecular flexibility index (Phi) is 5.97. The normalized spacial score (nSPS) is 12.5. The van der Waals surface area contributed by atoms with Gasteiger partial charge in [0.2, 0.25) is 0 Å². The van der Waals surface area contributed by atoms with E-state index >= 15 is 0 Å². The molecule has 0 unspecified atom stereocenters. The highest BCUT2D eigenvalue weighted by atomic mass is 16.5. The lowest BCUT2D eigenvalue weighted by atomic mass is 9.34. The summed E-state index contributed by atoms with van der Waals surface area (Å²) in [5.41, 5.74) is 8.97. The van der Waals surface area contributed by atoms with Crippen LogP contribution in [0.4, 0.5) is 17.1 Å². The number of para-hydroxylation sites is 2. The highest BCUT2D eigenvalue weighted by Gasteiger charge is 2.41.